The number of hydrogen-bond acceptors (Lipinski definition) is 4. The molecular formula is C16H28N2O3S. The molecule has 22 heavy (non-hydrogen) atoms. The molecule has 0 aliphatic carbocycles. The number of benzene rings is 1. The summed E-state index contributed by atoms with van der Waals surface area (Å²) < 4.78 is 32.9. The molecule has 1 aromatic carbocycles. The van der Waals surface area contributed by atoms with E-state index in [2.05, 4.69) is 25.5 Å². The van der Waals surface area contributed by atoms with Crippen LogP contribution < -0.4 is 9.46 Å². The average molecular weight is 328 g/mol. The van der Waals surface area contributed by atoms with Gasteiger partial charge in [-0.05, 0) is 50.2 Å². The summed E-state index contributed by atoms with van der Waals surface area (Å²) in [5, 5.41) is 0. The number of hydrogen-bond donors (Lipinski definition) is 1. The minimum Gasteiger partial charge on any atom is -0.495 e. The molecule has 0 aliphatic heterocycles. The molecule has 0 unspecified atom stereocenters. The van der Waals surface area contributed by atoms with E-state index in [1.165, 1.54) is 7.11 Å². The molecule has 0 radical (unpaired) electrons. The van der Waals surface area contributed by atoms with Crippen molar-refractivity contribution in [3.8, 4) is 5.75 Å². The van der Waals surface area contributed by atoms with Gasteiger partial charge >= 0.3 is 0 Å². The summed E-state index contributed by atoms with van der Waals surface area (Å²) in [7, 11) is 1.83. The van der Waals surface area contributed by atoms with Crippen molar-refractivity contribution in [3.63, 3.8) is 0 Å². The lowest BCUT2D eigenvalue weighted by Crippen LogP contribution is -2.28. The average Bonchev–Trinajstić information content (AvgIpc) is 2.41. The summed E-state index contributed by atoms with van der Waals surface area (Å²) in [5.74, 6) is 0.369. The van der Waals surface area contributed by atoms with Crippen LogP contribution in [0.25, 0.3) is 0 Å². The Morgan fingerprint density at radius 1 is 1.23 bits per heavy atom. The first kappa shape index (κ1) is 18.9. The Balaban J connectivity index is 3.01. The Bertz CT molecular complexity index is 590. The maximum Gasteiger partial charge on any atom is 0.244 e. The molecule has 6 heteroatoms. The third-order valence-electron chi connectivity index (χ3n) is 3.39. The molecular weight excluding hydrogens is 300 g/mol. The van der Waals surface area contributed by atoms with E-state index in [9.17, 15) is 8.42 Å². The van der Waals surface area contributed by atoms with Crippen molar-refractivity contribution in [1.82, 2.24) is 9.62 Å². The van der Waals surface area contributed by atoms with Crippen molar-refractivity contribution in [2.75, 3.05) is 34.3 Å². The van der Waals surface area contributed by atoms with Gasteiger partial charge < -0.3 is 9.64 Å². The molecule has 0 bridgehead atoms. The van der Waals surface area contributed by atoms with E-state index in [-0.39, 0.29) is 10.3 Å². The first-order chi connectivity index (χ1) is 10.1. The van der Waals surface area contributed by atoms with Gasteiger partial charge in [0, 0.05) is 6.54 Å². The third-order valence-corrected chi connectivity index (χ3v) is 4.88. The highest BCUT2D eigenvalue weighted by Crippen LogP contribution is 2.30. The fourth-order valence-corrected chi connectivity index (χ4v) is 3.30. The molecule has 0 saturated carbocycles. The fourth-order valence-electron chi connectivity index (χ4n) is 2.03. The second-order valence-electron chi connectivity index (χ2n) is 6.67. The van der Waals surface area contributed by atoms with E-state index >= 15 is 0 Å². The molecule has 0 atom stereocenters. The third kappa shape index (κ3) is 5.26. The second-order valence-corrected chi connectivity index (χ2v) is 8.41. The molecule has 5 nitrogen and oxygen atoms in total. The summed E-state index contributed by atoms with van der Waals surface area (Å²) in [4.78, 5) is 2.22. The van der Waals surface area contributed by atoms with E-state index in [1.54, 1.807) is 12.1 Å². The summed E-state index contributed by atoms with van der Waals surface area (Å²) in [6, 6.07) is 5.33. The Kier molecular flexibility index (Phi) is 6.40. The van der Waals surface area contributed by atoms with Gasteiger partial charge in [-0.2, -0.15) is 0 Å². The zero-order valence-corrected chi connectivity index (χ0v) is 15.3. The summed E-state index contributed by atoms with van der Waals surface area (Å²) in [5.41, 5.74) is 0.837. The van der Waals surface area contributed by atoms with Gasteiger partial charge in [-0.25, -0.2) is 13.1 Å². The van der Waals surface area contributed by atoms with Crippen LogP contribution in [0, 0.1) is 0 Å². The maximum absolute atomic E-state index is 12.5. The fraction of sp³-hybridized carbons (Fsp3) is 0.625. The van der Waals surface area contributed by atoms with Crippen LogP contribution >= 0.6 is 0 Å². The molecule has 0 amide bonds. The second kappa shape index (κ2) is 7.44. The van der Waals surface area contributed by atoms with Crippen LogP contribution in [0.4, 0.5) is 0 Å². The monoisotopic (exact) mass is 328 g/mol. The zero-order chi connectivity index (χ0) is 17.0. The molecule has 0 spiro atoms. The lowest BCUT2D eigenvalue weighted by molar-refractivity contribution is 0.397. The molecule has 0 aromatic heterocycles. The highest BCUT2D eigenvalue weighted by atomic mass is 32.2. The lowest BCUT2D eigenvalue weighted by atomic mass is 9.87. The highest BCUT2D eigenvalue weighted by molar-refractivity contribution is 7.89. The Hall–Kier alpha value is -1.11. The predicted octanol–water partition coefficient (Wildman–Crippen LogP) is 2.22. The van der Waals surface area contributed by atoms with Gasteiger partial charge in [-0.1, -0.05) is 26.8 Å². The van der Waals surface area contributed by atoms with Gasteiger partial charge in [0.1, 0.15) is 10.6 Å². The lowest BCUT2D eigenvalue weighted by Gasteiger charge is -2.21. The molecule has 126 valence electrons. The van der Waals surface area contributed by atoms with Crippen LogP contribution in [0.3, 0.4) is 0 Å². The van der Waals surface area contributed by atoms with Crippen LogP contribution in [0.2, 0.25) is 0 Å². The molecule has 1 N–H and O–H groups in total. The smallest absolute Gasteiger partial charge is 0.244 e. The Labute approximate surface area is 134 Å². The number of nitrogens with zero attached hydrogens (tertiary/aromatic N) is 1. The number of ether oxygens (including phenoxy) is 1. The standard InChI is InChI=1S/C16H28N2O3S/c1-16(2,3)13-8-9-14(21-6)15(12-13)22(19,20)17-10-7-11-18(4)5/h8-9,12,17H,7,10-11H2,1-6H3. The first-order valence-electron chi connectivity index (χ1n) is 7.41. The van der Waals surface area contributed by atoms with Crippen molar-refractivity contribution < 1.29 is 13.2 Å². The van der Waals surface area contributed by atoms with Gasteiger partial charge in [0.2, 0.25) is 10.0 Å². The van der Waals surface area contributed by atoms with Gasteiger partial charge in [-0.15, -0.1) is 0 Å². The van der Waals surface area contributed by atoms with Crippen LogP contribution in [-0.4, -0.2) is 47.6 Å². The van der Waals surface area contributed by atoms with E-state index in [0.717, 1.165) is 18.5 Å². The Morgan fingerprint density at radius 3 is 2.36 bits per heavy atom. The van der Waals surface area contributed by atoms with Crippen molar-refractivity contribution in [2.45, 2.75) is 37.5 Å². The molecule has 0 aliphatic rings. The SMILES string of the molecule is COc1ccc(C(C)(C)C)cc1S(=O)(=O)NCCCN(C)C. The topological polar surface area (TPSA) is 58.6 Å². The number of rotatable bonds is 7. The molecule has 1 rings (SSSR count). The van der Waals surface area contributed by atoms with E-state index in [4.69, 9.17) is 4.74 Å². The predicted molar refractivity (Wildman–Crippen MR) is 90.1 cm³/mol. The molecule has 0 fully saturated rings. The zero-order valence-electron chi connectivity index (χ0n) is 14.4. The van der Waals surface area contributed by atoms with Crippen molar-refractivity contribution in [1.29, 1.82) is 0 Å². The highest BCUT2D eigenvalue weighted by Gasteiger charge is 2.23. The van der Waals surface area contributed by atoms with Crippen molar-refractivity contribution >= 4 is 10.0 Å². The maximum atomic E-state index is 12.5. The summed E-state index contributed by atoms with van der Waals surface area (Å²) >= 11 is 0. The quantitative estimate of drug-likeness (QED) is 0.780. The number of methoxy groups -OCH3 is 1. The van der Waals surface area contributed by atoms with E-state index in [1.807, 2.05) is 25.1 Å². The largest absolute Gasteiger partial charge is 0.495 e. The van der Waals surface area contributed by atoms with Crippen molar-refractivity contribution in [3.05, 3.63) is 23.8 Å². The van der Waals surface area contributed by atoms with E-state index < -0.39 is 10.0 Å². The minimum absolute atomic E-state index is 0.124. The van der Waals surface area contributed by atoms with Crippen LogP contribution in [0.15, 0.2) is 23.1 Å². The molecule has 0 saturated heterocycles. The van der Waals surface area contributed by atoms with Gasteiger partial charge in [-0.3, -0.25) is 0 Å². The summed E-state index contributed by atoms with van der Waals surface area (Å²) in [6.45, 7) is 7.40. The first-order valence-corrected chi connectivity index (χ1v) is 8.89. The van der Waals surface area contributed by atoms with E-state index in [0.29, 0.717) is 12.3 Å². The van der Waals surface area contributed by atoms with Crippen LogP contribution in [-0.2, 0) is 15.4 Å². The van der Waals surface area contributed by atoms with Gasteiger partial charge in [0.25, 0.3) is 0 Å². The van der Waals surface area contributed by atoms with Crippen LogP contribution in [0.5, 0.6) is 5.75 Å². The molecule has 1 aromatic rings. The van der Waals surface area contributed by atoms with Crippen molar-refractivity contribution in [2.24, 2.45) is 0 Å². The summed E-state index contributed by atoms with van der Waals surface area (Å²) in [6.07, 6.45) is 0.757. The Morgan fingerprint density at radius 2 is 1.86 bits per heavy atom. The van der Waals surface area contributed by atoms with Gasteiger partial charge in [0.05, 0.1) is 7.11 Å². The van der Waals surface area contributed by atoms with Gasteiger partial charge in [0.15, 0.2) is 0 Å². The molecule has 0 heterocycles. The number of nitrogens with one attached hydrogen (secondary N) is 1. The van der Waals surface area contributed by atoms with Crippen LogP contribution in [0.1, 0.15) is 32.8 Å². The normalized spacial score (nSPS) is 12.7. The minimum atomic E-state index is -3.58. The number of sulfonamides is 1.